The fourth-order valence-electron chi connectivity index (χ4n) is 2.05. The number of thiophene rings is 1. The van der Waals surface area contributed by atoms with E-state index in [-0.39, 0.29) is 0 Å². The number of halogens is 1. The number of hydrogen-bond acceptors (Lipinski definition) is 3. The summed E-state index contributed by atoms with van der Waals surface area (Å²) in [5, 5.41) is 11.2. The molecule has 0 saturated carbocycles. The lowest BCUT2D eigenvalue weighted by Gasteiger charge is -2.19. The Morgan fingerprint density at radius 2 is 2.50 bits per heavy atom. The van der Waals surface area contributed by atoms with Crippen molar-refractivity contribution in [1.29, 1.82) is 0 Å². The van der Waals surface area contributed by atoms with Crippen molar-refractivity contribution < 1.29 is 9.90 Å². The first-order chi connectivity index (χ1) is 7.49. The Hall–Kier alpha value is -0.390. The summed E-state index contributed by atoms with van der Waals surface area (Å²) in [7, 11) is 0. The van der Waals surface area contributed by atoms with E-state index in [2.05, 4.69) is 32.3 Å². The molecule has 5 heteroatoms. The number of rotatable bonds is 3. The third-order valence-corrected chi connectivity index (χ3v) is 4.65. The van der Waals surface area contributed by atoms with Crippen LogP contribution in [0.2, 0.25) is 0 Å². The zero-order valence-electron chi connectivity index (χ0n) is 9.07. The van der Waals surface area contributed by atoms with Crippen molar-refractivity contribution in [2.75, 3.05) is 13.1 Å². The number of hydrogen-bond donors (Lipinski definition) is 1. The summed E-state index contributed by atoms with van der Waals surface area (Å²) in [6, 6.07) is 2.10. The second-order valence-electron chi connectivity index (χ2n) is 4.59. The van der Waals surface area contributed by atoms with Crippen LogP contribution in [0.3, 0.4) is 0 Å². The van der Waals surface area contributed by atoms with Gasteiger partial charge >= 0.3 is 5.97 Å². The van der Waals surface area contributed by atoms with Crippen molar-refractivity contribution in [2.24, 2.45) is 5.41 Å². The molecule has 0 radical (unpaired) electrons. The van der Waals surface area contributed by atoms with Crippen molar-refractivity contribution in [2.45, 2.75) is 19.9 Å². The van der Waals surface area contributed by atoms with Gasteiger partial charge in [-0.3, -0.25) is 9.69 Å². The molecule has 0 bridgehead atoms. The fraction of sp³-hybridized carbons (Fsp3) is 0.545. The first kappa shape index (κ1) is 12.1. The van der Waals surface area contributed by atoms with E-state index in [4.69, 9.17) is 5.11 Å². The van der Waals surface area contributed by atoms with Gasteiger partial charge in [-0.05, 0) is 52.8 Å². The minimum Gasteiger partial charge on any atom is -0.481 e. The Morgan fingerprint density at radius 1 is 1.75 bits per heavy atom. The van der Waals surface area contributed by atoms with Gasteiger partial charge in [0, 0.05) is 13.1 Å². The van der Waals surface area contributed by atoms with Crippen LogP contribution in [0.4, 0.5) is 0 Å². The van der Waals surface area contributed by atoms with E-state index in [1.807, 2.05) is 6.92 Å². The molecule has 1 aliphatic rings. The van der Waals surface area contributed by atoms with E-state index in [0.717, 1.165) is 23.3 Å². The number of carboxylic acids is 1. The Kier molecular flexibility index (Phi) is 3.37. The molecule has 1 fully saturated rings. The minimum atomic E-state index is -0.679. The first-order valence-electron chi connectivity index (χ1n) is 5.18. The van der Waals surface area contributed by atoms with Gasteiger partial charge in [-0.25, -0.2) is 0 Å². The van der Waals surface area contributed by atoms with Gasteiger partial charge in [-0.1, -0.05) is 0 Å². The molecule has 0 spiro atoms. The SMILES string of the molecule is CC1(C(=O)O)CCN(Cc2csc(Br)c2)C1. The van der Waals surface area contributed by atoms with Crippen LogP contribution in [0.25, 0.3) is 0 Å². The lowest BCUT2D eigenvalue weighted by molar-refractivity contribution is -0.147. The summed E-state index contributed by atoms with van der Waals surface area (Å²) >= 11 is 5.10. The molecule has 0 aliphatic carbocycles. The Balaban J connectivity index is 1.97. The van der Waals surface area contributed by atoms with E-state index < -0.39 is 11.4 Å². The van der Waals surface area contributed by atoms with Crippen LogP contribution in [0.1, 0.15) is 18.9 Å². The van der Waals surface area contributed by atoms with Crippen LogP contribution >= 0.6 is 27.3 Å². The highest BCUT2D eigenvalue weighted by Gasteiger charge is 2.40. The summed E-state index contributed by atoms with van der Waals surface area (Å²) in [5.41, 5.74) is 0.694. The van der Waals surface area contributed by atoms with Gasteiger partial charge in [-0.2, -0.15) is 0 Å². The Morgan fingerprint density at radius 3 is 3.00 bits per heavy atom. The average Bonchev–Trinajstić information content (AvgIpc) is 2.75. The van der Waals surface area contributed by atoms with Crippen molar-refractivity contribution in [3.63, 3.8) is 0 Å². The molecule has 1 unspecified atom stereocenters. The molecule has 88 valence electrons. The molecule has 1 atom stereocenters. The normalized spacial score (nSPS) is 26.1. The smallest absolute Gasteiger partial charge is 0.310 e. The van der Waals surface area contributed by atoms with Gasteiger partial charge in [0.1, 0.15) is 0 Å². The lowest BCUT2D eigenvalue weighted by atomic mass is 9.90. The number of aliphatic carboxylic acids is 1. The molecule has 2 rings (SSSR count). The van der Waals surface area contributed by atoms with Crippen LogP contribution in [-0.2, 0) is 11.3 Å². The van der Waals surface area contributed by atoms with Gasteiger partial charge in [0.05, 0.1) is 9.20 Å². The largest absolute Gasteiger partial charge is 0.481 e. The van der Waals surface area contributed by atoms with Crippen LogP contribution in [0.15, 0.2) is 15.2 Å². The summed E-state index contributed by atoms with van der Waals surface area (Å²) in [6.07, 6.45) is 0.744. The molecule has 2 heterocycles. The van der Waals surface area contributed by atoms with E-state index in [1.165, 1.54) is 5.56 Å². The highest BCUT2D eigenvalue weighted by Crippen LogP contribution is 2.31. The van der Waals surface area contributed by atoms with Crippen molar-refractivity contribution >= 4 is 33.2 Å². The summed E-state index contributed by atoms with van der Waals surface area (Å²) in [4.78, 5) is 13.3. The molecule has 1 aromatic heterocycles. The maximum absolute atomic E-state index is 11.1. The van der Waals surface area contributed by atoms with Crippen molar-refractivity contribution in [1.82, 2.24) is 4.90 Å². The fourth-order valence-corrected chi connectivity index (χ4v) is 3.25. The average molecular weight is 304 g/mol. The molecule has 3 nitrogen and oxygen atoms in total. The highest BCUT2D eigenvalue weighted by atomic mass is 79.9. The molecule has 1 N–H and O–H groups in total. The predicted molar refractivity (Wildman–Crippen MR) is 67.7 cm³/mol. The van der Waals surface area contributed by atoms with Gasteiger partial charge in [0.25, 0.3) is 0 Å². The maximum atomic E-state index is 11.1. The van der Waals surface area contributed by atoms with E-state index >= 15 is 0 Å². The molecule has 1 aliphatic heterocycles. The quantitative estimate of drug-likeness (QED) is 0.933. The summed E-state index contributed by atoms with van der Waals surface area (Å²) < 4.78 is 1.13. The molecular weight excluding hydrogens is 290 g/mol. The lowest BCUT2D eigenvalue weighted by Crippen LogP contribution is -2.31. The molecule has 16 heavy (non-hydrogen) atoms. The molecule has 1 saturated heterocycles. The van der Waals surface area contributed by atoms with Gasteiger partial charge in [-0.15, -0.1) is 11.3 Å². The summed E-state index contributed by atoms with van der Waals surface area (Å²) in [5.74, 6) is -0.679. The van der Waals surface area contributed by atoms with Crippen LogP contribution in [-0.4, -0.2) is 29.1 Å². The topological polar surface area (TPSA) is 40.5 Å². The summed E-state index contributed by atoms with van der Waals surface area (Å²) in [6.45, 7) is 4.20. The monoisotopic (exact) mass is 303 g/mol. The molecular formula is C11H14BrNO2S. The van der Waals surface area contributed by atoms with Gasteiger partial charge < -0.3 is 5.11 Å². The van der Waals surface area contributed by atoms with E-state index in [9.17, 15) is 4.79 Å². The van der Waals surface area contributed by atoms with E-state index in [0.29, 0.717) is 6.54 Å². The van der Waals surface area contributed by atoms with E-state index in [1.54, 1.807) is 11.3 Å². The number of carbonyl (C=O) groups is 1. The van der Waals surface area contributed by atoms with Gasteiger partial charge in [0.2, 0.25) is 0 Å². The number of carboxylic acid groups (broad SMARTS) is 1. The number of likely N-dealkylation sites (tertiary alicyclic amines) is 1. The molecule has 1 aromatic rings. The van der Waals surface area contributed by atoms with Crippen molar-refractivity contribution in [3.8, 4) is 0 Å². The number of nitrogens with zero attached hydrogens (tertiary/aromatic N) is 1. The second-order valence-corrected chi connectivity index (χ2v) is 6.88. The second kappa shape index (κ2) is 4.47. The maximum Gasteiger partial charge on any atom is 0.310 e. The minimum absolute atomic E-state index is 0.562. The zero-order chi connectivity index (χ0) is 11.8. The van der Waals surface area contributed by atoms with Gasteiger partial charge in [0.15, 0.2) is 0 Å². The molecule has 0 aromatic carbocycles. The first-order valence-corrected chi connectivity index (χ1v) is 6.85. The molecule has 0 amide bonds. The zero-order valence-corrected chi connectivity index (χ0v) is 11.5. The van der Waals surface area contributed by atoms with Crippen LogP contribution in [0.5, 0.6) is 0 Å². The Bertz CT molecular complexity index is 406. The van der Waals surface area contributed by atoms with Crippen molar-refractivity contribution in [3.05, 3.63) is 20.8 Å². The predicted octanol–water partition coefficient (Wildman–Crippen LogP) is 2.81. The highest BCUT2D eigenvalue weighted by molar-refractivity contribution is 9.11. The third-order valence-electron chi connectivity index (χ3n) is 3.10. The van der Waals surface area contributed by atoms with Crippen LogP contribution < -0.4 is 0 Å². The Labute approximate surface area is 107 Å². The van der Waals surface area contributed by atoms with Crippen LogP contribution in [0, 0.1) is 5.41 Å². The third kappa shape index (κ3) is 2.47. The standard InChI is InChI=1S/C11H14BrNO2S/c1-11(10(14)15)2-3-13(7-11)5-8-4-9(12)16-6-8/h4,6H,2-3,5,7H2,1H3,(H,14,15).